The van der Waals surface area contributed by atoms with Gasteiger partial charge >= 0.3 is 0 Å². The normalized spacial score (nSPS) is 13.7. The number of alkyl halides is 1. The average Bonchev–Trinajstić information content (AvgIpc) is 1.88. The highest BCUT2D eigenvalue weighted by Crippen LogP contribution is 2.10. The van der Waals surface area contributed by atoms with Gasteiger partial charge in [-0.25, -0.2) is 0 Å². The van der Waals surface area contributed by atoms with Crippen LogP contribution < -0.4 is 5.73 Å². The Morgan fingerprint density at radius 3 is 2.44 bits per heavy atom. The number of nitrogens with two attached hydrogens (primary N) is 1. The highest BCUT2D eigenvalue weighted by molar-refractivity contribution is 9.09. The molecule has 9 heavy (non-hydrogen) atoms. The lowest BCUT2D eigenvalue weighted by atomic mass is 10.0. The minimum atomic E-state index is 0.745. The molecule has 0 heterocycles. The maximum atomic E-state index is 5.52. The Labute approximate surface area is 66.1 Å². The van der Waals surface area contributed by atoms with E-state index >= 15 is 0 Å². The summed E-state index contributed by atoms with van der Waals surface area (Å²) in [4.78, 5) is 0. The highest BCUT2D eigenvalue weighted by atomic mass is 79.9. The Kier molecular flexibility index (Phi) is 6.88. The van der Waals surface area contributed by atoms with Crippen LogP contribution in [-0.4, -0.2) is 11.9 Å². The van der Waals surface area contributed by atoms with Crippen LogP contribution in [0.4, 0.5) is 0 Å². The van der Waals surface area contributed by atoms with Crippen molar-refractivity contribution in [2.45, 2.75) is 26.2 Å². The van der Waals surface area contributed by atoms with Gasteiger partial charge in [-0.3, -0.25) is 0 Å². The first kappa shape index (κ1) is 9.44. The summed E-state index contributed by atoms with van der Waals surface area (Å²) in [5, 5.41) is 1.09. The van der Waals surface area contributed by atoms with Crippen LogP contribution in [0.1, 0.15) is 26.2 Å². The molecule has 1 unspecified atom stereocenters. The summed E-state index contributed by atoms with van der Waals surface area (Å²) in [6.45, 7) is 3.05. The van der Waals surface area contributed by atoms with Gasteiger partial charge in [0.1, 0.15) is 0 Å². The van der Waals surface area contributed by atoms with Crippen LogP contribution >= 0.6 is 15.9 Å². The molecule has 0 aromatic rings. The molecule has 0 radical (unpaired) electrons. The second-order valence-electron chi connectivity index (χ2n) is 2.37. The maximum Gasteiger partial charge on any atom is 0.00344 e. The maximum absolute atomic E-state index is 5.52. The quantitative estimate of drug-likeness (QED) is 0.666. The van der Waals surface area contributed by atoms with E-state index in [2.05, 4.69) is 22.9 Å². The van der Waals surface area contributed by atoms with E-state index in [0.29, 0.717) is 0 Å². The molecule has 0 aromatic carbocycles. The van der Waals surface area contributed by atoms with Gasteiger partial charge in [0.25, 0.3) is 0 Å². The summed E-state index contributed by atoms with van der Waals surface area (Å²) in [6.07, 6.45) is 3.77. The zero-order valence-corrected chi connectivity index (χ0v) is 7.65. The second-order valence-corrected chi connectivity index (χ2v) is 3.16. The molecule has 0 aliphatic rings. The highest BCUT2D eigenvalue weighted by Gasteiger charge is 2.02. The third-order valence-corrected chi connectivity index (χ3v) is 2.01. The van der Waals surface area contributed by atoms with Gasteiger partial charge in [0, 0.05) is 5.33 Å². The largest absolute Gasteiger partial charge is 0.330 e. The van der Waals surface area contributed by atoms with E-state index in [1.165, 1.54) is 19.3 Å². The minimum Gasteiger partial charge on any atom is -0.330 e. The van der Waals surface area contributed by atoms with Crippen LogP contribution in [-0.2, 0) is 0 Å². The molecule has 0 rings (SSSR count). The van der Waals surface area contributed by atoms with Gasteiger partial charge in [-0.15, -0.1) is 0 Å². The van der Waals surface area contributed by atoms with Crippen LogP contribution in [0.3, 0.4) is 0 Å². The van der Waals surface area contributed by atoms with Gasteiger partial charge in [0.05, 0.1) is 0 Å². The molecule has 0 amide bonds. The molecular formula is C7H16BrN. The van der Waals surface area contributed by atoms with Crippen LogP contribution in [0.5, 0.6) is 0 Å². The van der Waals surface area contributed by atoms with Crippen molar-refractivity contribution in [3.05, 3.63) is 0 Å². The molecule has 2 heteroatoms. The molecule has 0 fully saturated rings. The summed E-state index contributed by atoms with van der Waals surface area (Å²) >= 11 is 3.41. The van der Waals surface area contributed by atoms with E-state index in [1.807, 2.05) is 0 Å². The molecule has 0 bridgehead atoms. The van der Waals surface area contributed by atoms with Crippen LogP contribution in [0, 0.1) is 5.92 Å². The van der Waals surface area contributed by atoms with Crippen molar-refractivity contribution in [2.75, 3.05) is 11.9 Å². The van der Waals surface area contributed by atoms with Gasteiger partial charge in [0.15, 0.2) is 0 Å². The van der Waals surface area contributed by atoms with Gasteiger partial charge in [-0.1, -0.05) is 29.3 Å². The van der Waals surface area contributed by atoms with Crippen molar-refractivity contribution < 1.29 is 0 Å². The third-order valence-electron chi connectivity index (χ3n) is 1.55. The lowest BCUT2D eigenvalue weighted by Gasteiger charge is -2.10. The summed E-state index contributed by atoms with van der Waals surface area (Å²) in [6, 6.07) is 0. The molecule has 0 spiro atoms. The van der Waals surface area contributed by atoms with Gasteiger partial charge in [-0.05, 0) is 25.3 Å². The topological polar surface area (TPSA) is 26.0 Å². The second kappa shape index (κ2) is 6.56. The van der Waals surface area contributed by atoms with Gasteiger partial charge < -0.3 is 5.73 Å². The Balaban J connectivity index is 3.18. The van der Waals surface area contributed by atoms with Crippen molar-refractivity contribution in [3.63, 3.8) is 0 Å². The zero-order valence-electron chi connectivity index (χ0n) is 6.07. The smallest absolute Gasteiger partial charge is 0.00344 e. The van der Waals surface area contributed by atoms with E-state index in [9.17, 15) is 0 Å². The summed E-state index contributed by atoms with van der Waals surface area (Å²) in [7, 11) is 0. The standard InChI is InChI=1S/C7H16BrN/c1-2-3-7(6-9)4-5-8/h7H,2-6,9H2,1H3. The predicted octanol–water partition coefficient (Wildman–Crippen LogP) is 2.15. The molecule has 0 aromatic heterocycles. The Hall–Kier alpha value is 0.440. The summed E-state index contributed by atoms with van der Waals surface area (Å²) < 4.78 is 0. The fourth-order valence-corrected chi connectivity index (χ4v) is 1.59. The zero-order chi connectivity index (χ0) is 7.11. The van der Waals surface area contributed by atoms with Crippen LogP contribution in [0.25, 0.3) is 0 Å². The number of hydrogen-bond donors (Lipinski definition) is 1. The number of rotatable bonds is 5. The van der Waals surface area contributed by atoms with Gasteiger partial charge in [0.2, 0.25) is 0 Å². The lowest BCUT2D eigenvalue weighted by molar-refractivity contribution is 0.480. The van der Waals surface area contributed by atoms with E-state index < -0.39 is 0 Å². The van der Waals surface area contributed by atoms with Crippen molar-refractivity contribution in [1.82, 2.24) is 0 Å². The summed E-state index contributed by atoms with van der Waals surface area (Å²) in [5.74, 6) is 0.745. The fraction of sp³-hybridized carbons (Fsp3) is 1.00. The van der Waals surface area contributed by atoms with Crippen molar-refractivity contribution in [3.8, 4) is 0 Å². The Bertz CT molecular complexity index is 50.9. The molecule has 0 saturated carbocycles. The van der Waals surface area contributed by atoms with Crippen LogP contribution in [0.15, 0.2) is 0 Å². The van der Waals surface area contributed by atoms with E-state index in [4.69, 9.17) is 5.73 Å². The lowest BCUT2D eigenvalue weighted by Crippen LogP contribution is -2.14. The van der Waals surface area contributed by atoms with E-state index in [-0.39, 0.29) is 0 Å². The molecule has 0 aliphatic heterocycles. The molecule has 2 N–H and O–H groups in total. The first-order valence-electron chi connectivity index (χ1n) is 3.61. The first-order valence-corrected chi connectivity index (χ1v) is 4.73. The summed E-state index contributed by atoms with van der Waals surface area (Å²) in [5.41, 5.74) is 5.52. The molecule has 1 nitrogen and oxygen atoms in total. The van der Waals surface area contributed by atoms with E-state index in [0.717, 1.165) is 17.8 Å². The SMILES string of the molecule is CCCC(CN)CCBr. The van der Waals surface area contributed by atoms with Crippen LogP contribution in [0.2, 0.25) is 0 Å². The van der Waals surface area contributed by atoms with Crippen molar-refractivity contribution >= 4 is 15.9 Å². The number of hydrogen-bond acceptors (Lipinski definition) is 1. The van der Waals surface area contributed by atoms with Gasteiger partial charge in [-0.2, -0.15) is 0 Å². The Morgan fingerprint density at radius 1 is 1.44 bits per heavy atom. The predicted molar refractivity (Wildman–Crippen MR) is 45.9 cm³/mol. The minimum absolute atomic E-state index is 0.745. The molecular weight excluding hydrogens is 178 g/mol. The average molecular weight is 194 g/mol. The first-order chi connectivity index (χ1) is 4.35. The molecule has 0 saturated heterocycles. The fourth-order valence-electron chi connectivity index (χ4n) is 0.943. The van der Waals surface area contributed by atoms with Crippen molar-refractivity contribution in [1.29, 1.82) is 0 Å². The molecule has 0 aliphatic carbocycles. The Morgan fingerprint density at radius 2 is 2.11 bits per heavy atom. The molecule has 56 valence electrons. The van der Waals surface area contributed by atoms with E-state index in [1.54, 1.807) is 0 Å². The van der Waals surface area contributed by atoms with Crippen molar-refractivity contribution in [2.24, 2.45) is 11.7 Å². The molecule has 1 atom stereocenters. The monoisotopic (exact) mass is 193 g/mol. The third kappa shape index (κ3) is 4.91. The number of halogens is 1.